The number of nitrogens with one attached hydrogen (secondary N) is 1. The van der Waals surface area contributed by atoms with Crippen LogP contribution in [-0.2, 0) is 19.1 Å². The van der Waals surface area contributed by atoms with Crippen LogP contribution in [0.25, 0.3) is 0 Å². The van der Waals surface area contributed by atoms with E-state index in [1.807, 2.05) is 46.4 Å². The van der Waals surface area contributed by atoms with E-state index in [-0.39, 0.29) is 40.6 Å². The number of aliphatic hydroxyl groups is 1. The molecule has 4 aliphatic rings. The fraction of sp³-hybridized carbons (Fsp3) is 0.919. The van der Waals surface area contributed by atoms with Gasteiger partial charge in [-0.2, -0.15) is 0 Å². The summed E-state index contributed by atoms with van der Waals surface area (Å²) in [6.07, 6.45) is 8.31. The van der Waals surface area contributed by atoms with Gasteiger partial charge in [-0.05, 0) is 146 Å². The highest BCUT2D eigenvalue weighted by Crippen LogP contribution is 2.67. The summed E-state index contributed by atoms with van der Waals surface area (Å²) in [5, 5.41) is 14.7. The Bertz CT molecular complexity index is 1080. The number of esters is 1. The maximum Gasteiger partial charge on any atom is 0.408 e. The molecule has 2 amide bonds. The van der Waals surface area contributed by atoms with Crippen LogP contribution < -0.4 is 5.32 Å². The lowest BCUT2D eigenvalue weighted by molar-refractivity contribution is -0.175. The molecule has 45 heavy (non-hydrogen) atoms. The van der Waals surface area contributed by atoms with Gasteiger partial charge < -0.3 is 24.8 Å². The molecule has 0 aromatic carbocycles. The van der Waals surface area contributed by atoms with Crippen molar-refractivity contribution in [1.82, 2.24) is 10.2 Å². The molecule has 0 radical (unpaired) electrons. The van der Waals surface area contributed by atoms with E-state index in [0.717, 1.165) is 38.5 Å². The van der Waals surface area contributed by atoms with Crippen molar-refractivity contribution in [3.8, 4) is 0 Å². The molecule has 0 aromatic heterocycles. The smallest absolute Gasteiger partial charge is 0.408 e. The number of carbonyl (C=O) groups is 3. The van der Waals surface area contributed by atoms with Gasteiger partial charge in [0.1, 0.15) is 17.2 Å². The third-order valence-electron chi connectivity index (χ3n) is 12.0. The van der Waals surface area contributed by atoms with E-state index >= 15 is 0 Å². The zero-order chi connectivity index (χ0) is 33.5. The number of nitrogens with zero attached hydrogens (tertiary/aromatic N) is 1. The van der Waals surface area contributed by atoms with Gasteiger partial charge in [0.15, 0.2) is 0 Å². The summed E-state index contributed by atoms with van der Waals surface area (Å²) in [5.74, 6) is 2.18. The second-order valence-corrected chi connectivity index (χ2v) is 18.0. The van der Waals surface area contributed by atoms with Crippen molar-refractivity contribution in [3.63, 3.8) is 0 Å². The first-order chi connectivity index (χ1) is 20.7. The third-order valence-corrected chi connectivity index (χ3v) is 12.0. The van der Waals surface area contributed by atoms with E-state index in [4.69, 9.17) is 9.47 Å². The molecule has 4 fully saturated rings. The molecule has 0 spiro atoms. The van der Waals surface area contributed by atoms with E-state index in [0.29, 0.717) is 49.6 Å². The van der Waals surface area contributed by atoms with Crippen molar-refractivity contribution in [2.75, 3.05) is 13.1 Å². The van der Waals surface area contributed by atoms with Crippen molar-refractivity contribution >= 4 is 18.0 Å². The molecule has 0 bridgehead atoms. The molecule has 0 aromatic rings. The second-order valence-electron chi connectivity index (χ2n) is 18.0. The molecular formula is C37H64N2O6. The minimum absolute atomic E-state index is 0.0329. The number of fused-ring (bicyclic) bond motifs is 5. The Hall–Kier alpha value is -1.83. The van der Waals surface area contributed by atoms with Gasteiger partial charge >= 0.3 is 12.1 Å². The van der Waals surface area contributed by atoms with Gasteiger partial charge in [0.25, 0.3) is 0 Å². The summed E-state index contributed by atoms with van der Waals surface area (Å²) < 4.78 is 11.0. The van der Waals surface area contributed by atoms with E-state index < -0.39 is 23.3 Å². The Kier molecular flexibility index (Phi) is 10.7. The number of carbonyl (C=O) groups excluding carboxylic acids is 3. The van der Waals surface area contributed by atoms with Crippen LogP contribution in [0.5, 0.6) is 0 Å². The summed E-state index contributed by atoms with van der Waals surface area (Å²) in [6.45, 7) is 21.6. The monoisotopic (exact) mass is 632 g/mol. The zero-order valence-electron chi connectivity index (χ0n) is 30.0. The molecule has 9 atom stereocenters. The van der Waals surface area contributed by atoms with Crippen LogP contribution in [-0.4, -0.2) is 64.4 Å². The fourth-order valence-electron chi connectivity index (χ4n) is 9.96. The molecule has 1 saturated heterocycles. The average Bonchev–Trinajstić information content (AvgIpc) is 3.22. The average molecular weight is 633 g/mol. The summed E-state index contributed by atoms with van der Waals surface area (Å²) in [6, 6.07) is -0.619. The van der Waals surface area contributed by atoms with Gasteiger partial charge in [0, 0.05) is 19.5 Å². The highest BCUT2D eigenvalue weighted by molar-refractivity contribution is 5.86. The standard InChI is InChI=1S/C37H64N2O6/c1-23(2)20-28(38-33(43)45-35(6,7)8)32(42)39-19-18-37(10)25(22-39)21-29(40)31-26-15-14-24(36(26,9)17-16-27(31)37)12-11-13-30(41)44-34(3,4)5/h23-29,31,40H,11-22H2,1-10H3,(H,38,43). The van der Waals surface area contributed by atoms with E-state index in [2.05, 4.69) is 33.0 Å². The SMILES string of the molecule is CC(C)CC(NC(=O)OC(C)(C)C)C(=O)N1CCC2(C)C(CC(O)C3C4CCC(CCCC(=O)OC(C)(C)C)C4(C)CCC32)C1. The normalized spacial score (nSPS) is 35.6. The number of amides is 2. The van der Waals surface area contributed by atoms with Gasteiger partial charge in [-0.15, -0.1) is 0 Å². The lowest BCUT2D eigenvalue weighted by Crippen LogP contribution is -2.62. The third kappa shape index (κ3) is 8.19. The molecule has 3 saturated carbocycles. The van der Waals surface area contributed by atoms with Gasteiger partial charge in [0.2, 0.25) is 5.91 Å². The van der Waals surface area contributed by atoms with Gasteiger partial charge in [-0.25, -0.2) is 4.79 Å². The Morgan fingerprint density at radius 1 is 0.933 bits per heavy atom. The van der Waals surface area contributed by atoms with E-state index in [9.17, 15) is 19.5 Å². The quantitative estimate of drug-likeness (QED) is 0.276. The lowest BCUT2D eigenvalue weighted by Gasteiger charge is -2.62. The number of hydrogen-bond donors (Lipinski definition) is 2. The van der Waals surface area contributed by atoms with Crippen LogP contribution in [0.1, 0.15) is 133 Å². The maximum absolute atomic E-state index is 13.9. The summed E-state index contributed by atoms with van der Waals surface area (Å²) in [7, 11) is 0. The van der Waals surface area contributed by atoms with Crippen LogP contribution in [0, 0.1) is 46.3 Å². The van der Waals surface area contributed by atoms with Crippen LogP contribution in [0.3, 0.4) is 0 Å². The maximum atomic E-state index is 13.9. The predicted octanol–water partition coefficient (Wildman–Crippen LogP) is 7.12. The van der Waals surface area contributed by atoms with E-state index in [1.165, 1.54) is 12.8 Å². The number of hydrogen-bond acceptors (Lipinski definition) is 6. The van der Waals surface area contributed by atoms with E-state index in [1.54, 1.807) is 0 Å². The summed E-state index contributed by atoms with van der Waals surface area (Å²) in [5.41, 5.74) is -0.787. The first-order valence-electron chi connectivity index (χ1n) is 17.9. The number of alkyl carbamates (subject to hydrolysis) is 1. The van der Waals surface area contributed by atoms with Gasteiger partial charge in [0.05, 0.1) is 6.10 Å². The minimum atomic E-state index is -0.632. The molecule has 1 heterocycles. The number of ether oxygens (including phenoxy) is 2. The van der Waals surface area contributed by atoms with Crippen molar-refractivity contribution in [3.05, 3.63) is 0 Å². The number of aliphatic hydroxyl groups excluding tert-OH is 1. The summed E-state index contributed by atoms with van der Waals surface area (Å²) >= 11 is 0. The molecule has 8 nitrogen and oxygen atoms in total. The molecule has 8 heteroatoms. The van der Waals surface area contributed by atoms with Crippen LogP contribution in [0.15, 0.2) is 0 Å². The highest BCUT2D eigenvalue weighted by atomic mass is 16.6. The van der Waals surface area contributed by atoms with Crippen molar-refractivity contribution in [2.24, 2.45) is 46.3 Å². The molecule has 9 unspecified atom stereocenters. The predicted molar refractivity (Wildman–Crippen MR) is 176 cm³/mol. The fourth-order valence-corrected chi connectivity index (χ4v) is 9.96. The second kappa shape index (κ2) is 13.4. The van der Waals surface area contributed by atoms with Crippen LogP contribution in [0.4, 0.5) is 4.79 Å². The Balaban J connectivity index is 1.41. The zero-order valence-corrected chi connectivity index (χ0v) is 30.0. The molecule has 1 aliphatic heterocycles. The number of likely N-dealkylation sites (tertiary alicyclic amines) is 1. The highest BCUT2D eigenvalue weighted by Gasteiger charge is 2.62. The van der Waals surface area contributed by atoms with Crippen molar-refractivity contribution in [2.45, 2.75) is 157 Å². The molecule has 3 aliphatic carbocycles. The Morgan fingerprint density at radius 3 is 2.20 bits per heavy atom. The molecule has 4 rings (SSSR count). The topological polar surface area (TPSA) is 105 Å². The van der Waals surface area contributed by atoms with Crippen molar-refractivity contribution in [1.29, 1.82) is 0 Å². The molecular weight excluding hydrogens is 568 g/mol. The molecule has 2 N–H and O–H groups in total. The van der Waals surface area contributed by atoms with Gasteiger partial charge in [-0.1, -0.05) is 27.7 Å². The first-order valence-corrected chi connectivity index (χ1v) is 17.9. The lowest BCUT2D eigenvalue weighted by atomic mass is 9.45. The number of piperidine rings is 1. The largest absolute Gasteiger partial charge is 0.460 e. The first kappa shape index (κ1) is 36.0. The Morgan fingerprint density at radius 2 is 1.58 bits per heavy atom. The minimum Gasteiger partial charge on any atom is -0.460 e. The molecule has 258 valence electrons. The van der Waals surface area contributed by atoms with Crippen LogP contribution in [0.2, 0.25) is 0 Å². The van der Waals surface area contributed by atoms with Crippen LogP contribution >= 0.6 is 0 Å². The summed E-state index contributed by atoms with van der Waals surface area (Å²) in [4.78, 5) is 40.8. The van der Waals surface area contributed by atoms with Gasteiger partial charge in [-0.3, -0.25) is 9.59 Å². The Labute approximate surface area is 273 Å². The number of rotatable bonds is 8. The van der Waals surface area contributed by atoms with Crippen molar-refractivity contribution < 1.29 is 29.0 Å².